The van der Waals surface area contributed by atoms with E-state index in [1.165, 1.54) is 0 Å². The van der Waals surface area contributed by atoms with Gasteiger partial charge in [-0.2, -0.15) is 4.98 Å². The van der Waals surface area contributed by atoms with Gasteiger partial charge in [-0.05, 0) is 57.0 Å². The van der Waals surface area contributed by atoms with E-state index in [2.05, 4.69) is 4.57 Å². The number of carbonyl (C=O) groups is 1. The molecule has 6 nitrogen and oxygen atoms in total. The third kappa shape index (κ3) is 5.31. The molecule has 1 aliphatic rings. The number of nitrogens with zero attached hydrogens (tertiary/aromatic N) is 3. The van der Waals surface area contributed by atoms with Crippen molar-refractivity contribution in [2.24, 2.45) is 5.92 Å². The number of ether oxygens (including phenoxy) is 2. The van der Waals surface area contributed by atoms with Crippen LogP contribution in [0, 0.1) is 5.92 Å². The Kier molecular flexibility index (Phi) is 6.10. The molecule has 1 amide bonds. The smallest absolute Gasteiger partial charge is 0.410 e. The van der Waals surface area contributed by atoms with E-state index in [-0.39, 0.29) is 12.0 Å². The predicted molar refractivity (Wildman–Crippen MR) is 122 cm³/mol. The normalized spacial score (nSPS) is 16.6. The molecule has 1 aliphatic heterocycles. The second kappa shape index (κ2) is 8.79. The molecule has 2 heterocycles. The van der Waals surface area contributed by atoms with Gasteiger partial charge in [-0.1, -0.05) is 35.9 Å². The van der Waals surface area contributed by atoms with Gasteiger partial charge in [0.25, 0.3) is 6.01 Å². The van der Waals surface area contributed by atoms with Gasteiger partial charge in [0.15, 0.2) is 0 Å². The third-order valence-corrected chi connectivity index (χ3v) is 5.47. The van der Waals surface area contributed by atoms with Crippen molar-refractivity contribution >= 4 is 28.7 Å². The highest BCUT2D eigenvalue weighted by molar-refractivity contribution is 6.30. The van der Waals surface area contributed by atoms with Crippen LogP contribution < -0.4 is 4.74 Å². The molecule has 0 N–H and O–H groups in total. The fraction of sp³-hybridized carbons (Fsp3) is 0.417. The molecule has 1 aromatic heterocycles. The molecular weight excluding hydrogens is 414 g/mol. The summed E-state index contributed by atoms with van der Waals surface area (Å²) in [4.78, 5) is 18.8. The summed E-state index contributed by atoms with van der Waals surface area (Å²) in [5.41, 5.74) is 2.50. The maximum atomic E-state index is 12.3. The molecule has 1 saturated heterocycles. The zero-order chi connectivity index (χ0) is 22.0. The summed E-state index contributed by atoms with van der Waals surface area (Å²) in [6.45, 7) is 8.07. The Hall–Kier alpha value is -2.73. The molecule has 0 aliphatic carbocycles. The highest BCUT2D eigenvalue weighted by Gasteiger charge is 2.30. The molecular formula is C24H28ClN3O3. The van der Waals surface area contributed by atoms with Crippen LogP contribution in [0.3, 0.4) is 0 Å². The lowest BCUT2D eigenvalue weighted by molar-refractivity contribution is 0.0284. The maximum absolute atomic E-state index is 12.3. The summed E-state index contributed by atoms with van der Waals surface area (Å²) < 4.78 is 13.7. The van der Waals surface area contributed by atoms with E-state index in [0.29, 0.717) is 37.3 Å². The number of imidazole rings is 1. The minimum Gasteiger partial charge on any atom is -0.464 e. The zero-order valence-corrected chi connectivity index (χ0v) is 18.9. The Morgan fingerprint density at radius 1 is 1.19 bits per heavy atom. The average molecular weight is 442 g/mol. The average Bonchev–Trinajstić information content (AvgIpc) is 3.30. The first-order valence-corrected chi connectivity index (χ1v) is 11.0. The van der Waals surface area contributed by atoms with E-state index in [1.54, 1.807) is 4.90 Å². The Morgan fingerprint density at radius 3 is 2.77 bits per heavy atom. The lowest BCUT2D eigenvalue weighted by atomic mass is 10.1. The van der Waals surface area contributed by atoms with Crippen LogP contribution >= 0.6 is 11.6 Å². The van der Waals surface area contributed by atoms with Crippen LogP contribution in [0.4, 0.5) is 4.79 Å². The number of rotatable bonds is 5. The zero-order valence-electron chi connectivity index (χ0n) is 18.2. The molecule has 7 heteroatoms. The largest absolute Gasteiger partial charge is 0.464 e. The van der Waals surface area contributed by atoms with Gasteiger partial charge in [0, 0.05) is 24.0 Å². The fourth-order valence-electron chi connectivity index (χ4n) is 3.79. The van der Waals surface area contributed by atoms with Gasteiger partial charge in [0.05, 0.1) is 24.2 Å². The number of hydrogen-bond donors (Lipinski definition) is 0. The van der Waals surface area contributed by atoms with Gasteiger partial charge >= 0.3 is 6.09 Å². The fourth-order valence-corrected chi connectivity index (χ4v) is 4.00. The van der Waals surface area contributed by atoms with Gasteiger partial charge in [0.2, 0.25) is 0 Å². The lowest BCUT2D eigenvalue weighted by Crippen LogP contribution is -2.35. The third-order valence-electron chi connectivity index (χ3n) is 5.23. The highest BCUT2D eigenvalue weighted by atomic mass is 35.5. The van der Waals surface area contributed by atoms with E-state index >= 15 is 0 Å². The minimum atomic E-state index is -0.489. The number of carbonyl (C=O) groups excluding carboxylic acids is 1. The number of benzene rings is 2. The summed E-state index contributed by atoms with van der Waals surface area (Å²) in [5, 5.41) is 0.706. The van der Waals surface area contributed by atoms with E-state index in [1.807, 2.05) is 69.3 Å². The van der Waals surface area contributed by atoms with Crippen molar-refractivity contribution in [1.29, 1.82) is 0 Å². The molecule has 1 fully saturated rings. The van der Waals surface area contributed by atoms with Gasteiger partial charge in [0.1, 0.15) is 5.60 Å². The van der Waals surface area contributed by atoms with Crippen molar-refractivity contribution in [3.05, 3.63) is 59.1 Å². The molecule has 164 valence electrons. The number of amides is 1. The Bertz CT molecular complexity index is 1070. The number of para-hydroxylation sites is 2. The van der Waals surface area contributed by atoms with E-state index in [9.17, 15) is 4.79 Å². The minimum absolute atomic E-state index is 0.243. The second-order valence-corrected chi connectivity index (χ2v) is 9.43. The van der Waals surface area contributed by atoms with Gasteiger partial charge in [-0.25, -0.2) is 4.79 Å². The highest BCUT2D eigenvalue weighted by Crippen LogP contribution is 2.26. The summed E-state index contributed by atoms with van der Waals surface area (Å²) in [7, 11) is 0. The SMILES string of the molecule is CC(C)(C)OC(=O)N1CC[C@@H](COc2nc3ccccc3n2Cc2cccc(Cl)c2)C1. The van der Waals surface area contributed by atoms with Crippen molar-refractivity contribution in [1.82, 2.24) is 14.5 Å². The maximum Gasteiger partial charge on any atom is 0.410 e. The molecule has 4 rings (SSSR count). The van der Waals surface area contributed by atoms with Crippen LogP contribution in [-0.4, -0.2) is 45.8 Å². The number of halogens is 1. The van der Waals surface area contributed by atoms with E-state index in [0.717, 1.165) is 23.0 Å². The van der Waals surface area contributed by atoms with Crippen LogP contribution in [0.5, 0.6) is 6.01 Å². The van der Waals surface area contributed by atoms with Crippen LogP contribution in [0.2, 0.25) is 5.02 Å². The van der Waals surface area contributed by atoms with Crippen LogP contribution in [-0.2, 0) is 11.3 Å². The van der Waals surface area contributed by atoms with Crippen molar-refractivity contribution in [3.8, 4) is 6.01 Å². The number of fused-ring (bicyclic) bond motifs is 1. The number of aromatic nitrogens is 2. The first-order chi connectivity index (χ1) is 14.8. The molecule has 0 radical (unpaired) electrons. The second-order valence-electron chi connectivity index (χ2n) is 8.99. The Labute approximate surface area is 187 Å². The number of hydrogen-bond acceptors (Lipinski definition) is 4. The van der Waals surface area contributed by atoms with Crippen LogP contribution in [0.25, 0.3) is 11.0 Å². The van der Waals surface area contributed by atoms with Gasteiger partial charge in [-0.15, -0.1) is 0 Å². The molecule has 0 spiro atoms. The molecule has 31 heavy (non-hydrogen) atoms. The summed E-state index contributed by atoms with van der Waals surface area (Å²) in [6, 6.07) is 16.4. The quantitative estimate of drug-likeness (QED) is 0.533. The van der Waals surface area contributed by atoms with Crippen molar-refractivity contribution in [3.63, 3.8) is 0 Å². The standard InChI is InChI=1S/C24H28ClN3O3/c1-24(2,3)31-23(29)27-12-11-18(14-27)16-30-22-26-20-9-4-5-10-21(20)28(22)15-17-7-6-8-19(25)13-17/h4-10,13,18H,11-12,14-16H2,1-3H3/t18-/m1/s1. The molecule has 3 aromatic rings. The predicted octanol–water partition coefficient (Wildman–Crippen LogP) is 5.37. The summed E-state index contributed by atoms with van der Waals surface area (Å²) in [6.07, 6.45) is 0.622. The lowest BCUT2D eigenvalue weighted by Gasteiger charge is -2.24. The molecule has 0 saturated carbocycles. The molecule has 1 atom stereocenters. The van der Waals surface area contributed by atoms with Crippen molar-refractivity contribution in [2.45, 2.75) is 39.3 Å². The topological polar surface area (TPSA) is 56.6 Å². The van der Waals surface area contributed by atoms with Gasteiger partial charge in [-0.3, -0.25) is 4.57 Å². The van der Waals surface area contributed by atoms with E-state index < -0.39 is 5.60 Å². The first-order valence-electron chi connectivity index (χ1n) is 10.6. The van der Waals surface area contributed by atoms with Gasteiger partial charge < -0.3 is 14.4 Å². The Balaban J connectivity index is 1.46. The Morgan fingerprint density at radius 2 is 2.00 bits per heavy atom. The van der Waals surface area contributed by atoms with Crippen molar-refractivity contribution in [2.75, 3.05) is 19.7 Å². The molecule has 2 aromatic carbocycles. The summed E-state index contributed by atoms with van der Waals surface area (Å²) >= 11 is 6.17. The first kappa shape index (κ1) is 21.5. The van der Waals surface area contributed by atoms with Crippen molar-refractivity contribution < 1.29 is 14.3 Å². The summed E-state index contributed by atoms with van der Waals surface area (Å²) in [5.74, 6) is 0.243. The molecule has 0 unspecified atom stereocenters. The monoisotopic (exact) mass is 441 g/mol. The number of likely N-dealkylation sites (tertiary alicyclic amines) is 1. The molecule has 0 bridgehead atoms. The van der Waals surface area contributed by atoms with E-state index in [4.69, 9.17) is 26.1 Å². The van der Waals surface area contributed by atoms with Crippen LogP contribution in [0.1, 0.15) is 32.8 Å². The van der Waals surface area contributed by atoms with Crippen LogP contribution in [0.15, 0.2) is 48.5 Å².